The third-order valence-electron chi connectivity index (χ3n) is 5.74. The van der Waals surface area contributed by atoms with Crippen molar-refractivity contribution in [2.45, 2.75) is 31.6 Å². The van der Waals surface area contributed by atoms with Crippen molar-refractivity contribution in [2.24, 2.45) is 5.92 Å². The van der Waals surface area contributed by atoms with E-state index in [0.29, 0.717) is 11.8 Å². The van der Waals surface area contributed by atoms with Crippen molar-refractivity contribution in [2.75, 3.05) is 33.4 Å². The molecule has 3 heterocycles. The summed E-state index contributed by atoms with van der Waals surface area (Å²) in [7, 11) is 1.70. The topological polar surface area (TPSA) is 54.6 Å². The summed E-state index contributed by atoms with van der Waals surface area (Å²) in [4.78, 5) is 18.1. The number of carbonyl (C=O) groups excluding carboxylic acids is 1. The van der Waals surface area contributed by atoms with Crippen molar-refractivity contribution in [3.63, 3.8) is 0 Å². The molecule has 4 rings (SSSR count). The molecule has 1 aromatic carbocycles. The molecular formula is C20H26N2O3. The number of piperidine rings is 1. The largest absolute Gasteiger partial charge is 0.497 e. The quantitative estimate of drug-likeness (QED) is 0.931. The molecule has 2 fully saturated rings. The Balaban J connectivity index is 1.44. The van der Waals surface area contributed by atoms with Gasteiger partial charge in [0.1, 0.15) is 5.75 Å². The Morgan fingerprint density at radius 3 is 2.68 bits per heavy atom. The SMILES string of the molecule is COc1ccc2[nH]cc(C3CCN(C(=O)C4CCOCC4)CC3)c2c1. The van der Waals surface area contributed by atoms with Crippen molar-refractivity contribution in [1.29, 1.82) is 0 Å². The van der Waals surface area contributed by atoms with Crippen LogP contribution in [-0.4, -0.2) is 49.2 Å². The van der Waals surface area contributed by atoms with Crippen LogP contribution >= 0.6 is 0 Å². The van der Waals surface area contributed by atoms with Gasteiger partial charge in [0.25, 0.3) is 0 Å². The minimum Gasteiger partial charge on any atom is -0.497 e. The zero-order valence-corrected chi connectivity index (χ0v) is 14.8. The summed E-state index contributed by atoms with van der Waals surface area (Å²) in [5.74, 6) is 1.89. The number of nitrogens with one attached hydrogen (secondary N) is 1. The van der Waals surface area contributed by atoms with Gasteiger partial charge in [-0.25, -0.2) is 0 Å². The van der Waals surface area contributed by atoms with Crippen molar-refractivity contribution in [3.05, 3.63) is 30.0 Å². The van der Waals surface area contributed by atoms with Crippen LogP contribution in [-0.2, 0) is 9.53 Å². The molecule has 0 unspecified atom stereocenters. The van der Waals surface area contributed by atoms with Gasteiger partial charge in [-0.15, -0.1) is 0 Å². The zero-order valence-electron chi connectivity index (χ0n) is 14.8. The van der Waals surface area contributed by atoms with Gasteiger partial charge in [0.05, 0.1) is 7.11 Å². The van der Waals surface area contributed by atoms with Crippen molar-refractivity contribution in [1.82, 2.24) is 9.88 Å². The molecule has 2 aromatic rings. The van der Waals surface area contributed by atoms with E-state index in [9.17, 15) is 4.79 Å². The normalized spacial score (nSPS) is 20.1. The number of hydrogen-bond acceptors (Lipinski definition) is 3. The van der Waals surface area contributed by atoms with Crippen LogP contribution in [0.1, 0.15) is 37.2 Å². The highest BCUT2D eigenvalue weighted by molar-refractivity contribution is 5.85. The lowest BCUT2D eigenvalue weighted by atomic mass is 9.88. The number of H-pyrrole nitrogens is 1. The molecule has 2 saturated heterocycles. The number of aromatic amines is 1. The molecule has 5 heteroatoms. The highest BCUT2D eigenvalue weighted by atomic mass is 16.5. The van der Waals surface area contributed by atoms with Gasteiger partial charge in [-0.1, -0.05) is 0 Å². The molecule has 134 valence electrons. The summed E-state index contributed by atoms with van der Waals surface area (Å²) >= 11 is 0. The van der Waals surface area contributed by atoms with Gasteiger partial charge >= 0.3 is 0 Å². The second-order valence-electron chi connectivity index (χ2n) is 7.14. The summed E-state index contributed by atoms with van der Waals surface area (Å²) in [5, 5.41) is 1.24. The highest BCUT2D eigenvalue weighted by Crippen LogP contribution is 2.35. The van der Waals surface area contributed by atoms with E-state index in [-0.39, 0.29) is 5.92 Å². The van der Waals surface area contributed by atoms with Crippen LogP contribution in [0.2, 0.25) is 0 Å². The number of likely N-dealkylation sites (tertiary alicyclic amines) is 1. The first kappa shape index (κ1) is 16.5. The van der Waals surface area contributed by atoms with Crippen LogP contribution in [0.4, 0.5) is 0 Å². The summed E-state index contributed by atoms with van der Waals surface area (Å²) < 4.78 is 10.8. The van der Waals surface area contributed by atoms with Crippen LogP contribution in [0, 0.1) is 5.92 Å². The number of amides is 1. The van der Waals surface area contributed by atoms with Crippen LogP contribution in [0.15, 0.2) is 24.4 Å². The highest BCUT2D eigenvalue weighted by Gasteiger charge is 2.30. The molecule has 0 aliphatic carbocycles. The van der Waals surface area contributed by atoms with Gasteiger partial charge < -0.3 is 19.4 Å². The number of hydrogen-bond donors (Lipinski definition) is 1. The Morgan fingerprint density at radius 1 is 1.20 bits per heavy atom. The summed E-state index contributed by atoms with van der Waals surface area (Å²) in [6, 6.07) is 6.17. The monoisotopic (exact) mass is 342 g/mol. The minimum absolute atomic E-state index is 0.169. The average molecular weight is 342 g/mol. The molecule has 0 radical (unpaired) electrons. The Hall–Kier alpha value is -2.01. The maximum Gasteiger partial charge on any atom is 0.225 e. The maximum atomic E-state index is 12.7. The first-order valence-corrected chi connectivity index (χ1v) is 9.28. The van der Waals surface area contributed by atoms with Crippen LogP contribution < -0.4 is 4.74 Å². The number of methoxy groups -OCH3 is 1. The predicted molar refractivity (Wildman–Crippen MR) is 96.9 cm³/mol. The number of rotatable bonds is 3. The number of nitrogens with zero attached hydrogens (tertiary/aromatic N) is 1. The molecule has 0 saturated carbocycles. The molecule has 2 aliphatic rings. The fourth-order valence-electron chi connectivity index (χ4n) is 4.20. The van der Waals surface area contributed by atoms with Gasteiger partial charge in [0.2, 0.25) is 5.91 Å². The molecule has 0 atom stereocenters. The predicted octanol–water partition coefficient (Wildman–Crippen LogP) is 3.31. The van der Waals surface area contributed by atoms with Crippen molar-refractivity contribution in [3.8, 4) is 5.75 Å². The maximum absolute atomic E-state index is 12.7. The molecule has 1 N–H and O–H groups in total. The number of ether oxygens (including phenoxy) is 2. The Morgan fingerprint density at radius 2 is 1.96 bits per heavy atom. The van der Waals surface area contributed by atoms with Gasteiger partial charge in [0, 0.05) is 49.3 Å². The Kier molecular flexibility index (Phi) is 4.66. The van der Waals surface area contributed by atoms with E-state index in [4.69, 9.17) is 9.47 Å². The zero-order chi connectivity index (χ0) is 17.2. The molecule has 25 heavy (non-hydrogen) atoms. The van der Waals surface area contributed by atoms with Crippen LogP contribution in [0.3, 0.4) is 0 Å². The lowest BCUT2D eigenvalue weighted by molar-refractivity contribution is -0.139. The standard InChI is InChI=1S/C20H26N2O3/c1-24-16-2-3-19-17(12-16)18(13-21-19)14-4-8-22(9-5-14)20(23)15-6-10-25-11-7-15/h2-3,12-15,21H,4-11H2,1H3. The van der Waals surface area contributed by atoms with Crippen molar-refractivity contribution >= 4 is 16.8 Å². The second kappa shape index (κ2) is 7.08. The summed E-state index contributed by atoms with van der Waals surface area (Å²) in [6.07, 6.45) is 5.94. The first-order valence-electron chi connectivity index (χ1n) is 9.28. The summed E-state index contributed by atoms with van der Waals surface area (Å²) in [5.41, 5.74) is 2.50. The lowest BCUT2D eigenvalue weighted by Crippen LogP contribution is -2.42. The van der Waals surface area contributed by atoms with E-state index in [1.54, 1.807) is 7.11 Å². The van der Waals surface area contributed by atoms with Crippen molar-refractivity contribution < 1.29 is 14.3 Å². The number of aromatic nitrogens is 1. The average Bonchev–Trinajstić information content (AvgIpc) is 3.11. The summed E-state index contributed by atoms with van der Waals surface area (Å²) in [6.45, 7) is 3.17. The molecule has 1 aromatic heterocycles. The molecule has 2 aliphatic heterocycles. The first-order chi connectivity index (χ1) is 12.3. The molecule has 0 spiro atoms. The van der Waals surface area contributed by atoms with E-state index < -0.39 is 0 Å². The molecular weight excluding hydrogens is 316 g/mol. The van der Waals surface area contributed by atoms with E-state index >= 15 is 0 Å². The fourth-order valence-corrected chi connectivity index (χ4v) is 4.20. The van der Waals surface area contributed by atoms with Gasteiger partial charge in [0.15, 0.2) is 0 Å². The van der Waals surface area contributed by atoms with Crippen LogP contribution in [0.25, 0.3) is 10.9 Å². The fraction of sp³-hybridized carbons (Fsp3) is 0.550. The number of benzene rings is 1. The third-order valence-corrected chi connectivity index (χ3v) is 5.74. The Bertz CT molecular complexity index is 740. The third kappa shape index (κ3) is 3.25. The smallest absolute Gasteiger partial charge is 0.225 e. The van der Waals surface area contributed by atoms with E-state index in [1.165, 1.54) is 10.9 Å². The van der Waals surface area contributed by atoms with E-state index in [1.807, 2.05) is 6.07 Å². The number of carbonyl (C=O) groups is 1. The minimum atomic E-state index is 0.169. The number of fused-ring (bicyclic) bond motifs is 1. The Labute approximate surface area is 148 Å². The van der Waals surface area contributed by atoms with E-state index in [2.05, 4.69) is 28.2 Å². The lowest BCUT2D eigenvalue weighted by Gasteiger charge is -2.35. The van der Waals surface area contributed by atoms with Gasteiger partial charge in [-0.2, -0.15) is 0 Å². The molecule has 5 nitrogen and oxygen atoms in total. The molecule has 1 amide bonds. The van der Waals surface area contributed by atoms with Crippen LogP contribution in [0.5, 0.6) is 5.75 Å². The molecule has 0 bridgehead atoms. The van der Waals surface area contributed by atoms with Gasteiger partial charge in [-0.3, -0.25) is 4.79 Å². The van der Waals surface area contributed by atoms with Gasteiger partial charge in [-0.05, 0) is 55.4 Å². The van der Waals surface area contributed by atoms with E-state index in [0.717, 1.165) is 63.3 Å². The second-order valence-corrected chi connectivity index (χ2v) is 7.14.